The second-order valence-electron chi connectivity index (χ2n) is 7.21. The summed E-state index contributed by atoms with van der Waals surface area (Å²) in [6, 6.07) is 19.5. The molecular formula is C25H27NO. The molecule has 0 amide bonds. The van der Waals surface area contributed by atoms with Crippen LogP contribution in [0, 0.1) is 0 Å². The number of benzene rings is 3. The molecule has 0 bridgehead atoms. The molecule has 1 N–H and O–H groups in total. The summed E-state index contributed by atoms with van der Waals surface area (Å²) in [5, 5.41) is 2.65. The Hall–Kier alpha value is -2.74. The van der Waals surface area contributed by atoms with Gasteiger partial charge in [0.2, 0.25) is 0 Å². The standard InChI is InChI=1S/C25H27NO/c1-4-8-18-16-22(17-12-14-19(27-3)15-13-17)24-21-10-6-7-11-23(21)26-25(24)20(18)9-5-2/h6-7,10-16,26H,4-5,8-9H2,1-3H3. The number of H-pyrrole nitrogens is 1. The first kappa shape index (κ1) is 17.7. The highest BCUT2D eigenvalue weighted by Gasteiger charge is 2.17. The SMILES string of the molecule is CCCc1cc(-c2ccc(OC)cc2)c2c([nH]c3ccccc32)c1CCC. The number of nitrogens with one attached hydrogen (secondary N) is 1. The fourth-order valence-electron chi connectivity index (χ4n) is 4.17. The Morgan fingerprint density at radius 2 is 1.63 bits per heavy atom. The largest absolute Gasteiger partial charge is 0.497 e. The van der Waals surface area contributed by atoms with Crippen molar-refractivity contribution in [2.24, 2.45) is 0 Å². The van der Waals surface area contributed by atoms with Gasteiger partial charge in [0.1, 0.15) is 5.75 Å². The summed E-state index contributed by atoms with van der Waals surface area (Å²) in [4.78, 5) is 3.74. The summed E-state index contributed by atoms with van der Waals surface area (Å²) in [5.74, 6) is 0.894. The van der Waals surface area contributed by atoms with Crippen LogP contribution in [0.2, 0.25) is 0 Å². The average molecular weight is 357 g/mol. The summed E-state index contributed by atoms with van der Waals surface area (Å²) in [5.41, 5.74) is 8.05. The van der Waals surface area contributed by atoms with Crippen LogP contribution in [0.4, 0.5) is 0 Å². The van der Waals surface area contributed by atoms with Gasteiger partial charge in [0, 0.05) is 16.3 Å². The number of aromatic nitrogens is 1. The zero-order valence-electron chi connectivity index (χ0n) is 16.4. The maximum absolute atomic E-state index is 5.35. The first-order valence-electron chi connectivity index (χ1n) is 9.96. The van der Waals surface area contributed by atoms with Crippen molar-refractivity contribution in [3.05, 3.63) is 65.7 Å². The maximum atomic E-state index is 5.35. The van der Waals surface area contributed by atoms with E-state index in [0.717, 1.165) is 31.4 Å². The van der Waals surface area contributed by atoms with Gasteiger partial charge in [-0.3, -0.25) is 0 Å². The first-order valence-corrected chi connectivity index (χ1v) is 9.96. The Kier molecular flexibility index (Phi) is 4.89. The molecule has 0 aliphatic carbocycles. The topological polar surface area (TPSA) is 25.0 Å². The lowest BCUT2D eigenvalue weighted by Crippen LogP contribution is -1.97. The van der Waals surface area contributed by atoms with Crippen molar-refractivity contribution in [1.82, 2.24) is 4.98 Å². The lowest BCUT2D eigenvalue weighted by atomic mass is 9.90. The minimum absolute atomic E-state index is 0.894. The van der Waals surface area contributed by atoms with E-state index in [1.165, 1.54) is 44.1 Å². The van der Waals surface area contributed by atoms with E-state index < -0.39 is 0 Å². The molecule has 0 unspecified atom stereocenters. The molecule has 0 saturated heterocycles. The van der Waals surface area contributed by atoms with Gasteiger partial charge in [0.15, 0.2) is 0 Å². The number of rotatable bonds is 6. The van der Waals surface area contributed by atoms with Gasteiger partial charge in [0.05, 0.1) is 12.6 Å². The molecule has 2 heteroatoms. The van der Waals surface area contributed by atoms with Crippen molar-refractivity contribution in [2.75, 3.05) is 7.11 Å². The number of hydrogen-bond donors (Lipinski definition) is 1. The van der Waals surface area contributed by atoms with Gasteiger partial charge in [-0.15, -0.1) is 0 Å². The van der Waals surface area contributed by atoms with Crippen molar-refractivity contribution >= 4 is 21.8 Å². The van der Waals surface area contributed by atoms with Crippen LogP contribution >= 0.6 is 0 Å². The van der Waals surface area contributed by atoms with E-state index in [1.807, 2.05) is 0 Å². The number of fused-ring (bicyclic) bond motifs is 3. The van der Waals surface area contributed by atoms with Crippen LogP contribution in [0.25, 0.3) is 32.9 Å². The van der Waals surface area contributed by atoms with E-state index in [4.69, 9.17) is 4.74 Å². The fraction of sp³-hybridized carbons (Fsp3) is 0.280. The molecule has 0 fully saturated rings. The summed E-state index contributed by atoms with van der Waals surface area (Å²) >= 11 is 0. The summed E-state index contributed by atoms with van der Waals surface area (Å²) in [6.07, 6.45) is 4.54. The molecule has 0 aliphatic rings. The van der Waals surface area contributed by atoms with Gasteiger partial charge in [-0.1, -0.05) is 63.1 Å². The molecule has 4 aromatic rings. The van der Waals surface area contributed by atoms with Crippen LogP contribution in [0.5, 0.6) is 5.75 Å². The predicted molar refractivity (Wildman–Crippen MR) is 116 cm³/mol. The average Bonchev–Trinajstić information content (AvgIpc) is 3.09. The highest BCUT2D eigenvalue weighted by Crippen LogP contribution is 2.39. The van der Waals surface area contributed by atoms with Crippen molar-refractivity contribution in [2.45, 2.75) is 39.5 Å². The Bertz CT molecular complexity index is 1070. The van der Waals surface area contributed by atoms with Crippen LogP contribution in [-0.4, -0.2) is 12.1 Å². The lowest BCUT2D eigenvalue weighted by Gasteiger charge is -2.15. The molecule has 3 aromatic carbocycles. The molecule has 0 aliphatic heterocycles. The molecule has 0 atom stereocenters. The van der Waals surface area contributed by atoms with E-state index in [1.54, 1.807) is 7.11 Å². The molecule has 138 valence electrons. The molecule has 4 rings (SSSR count). The molecule has 2 nitrogen and oxygen atoms in total. The number of aromatic amines is 1. The summed E-state index contributed by atoms with van der Waals surface area (Å²) in [6.45, 7) is 4.53. The van der Waals surface area contributed by atoms with Crippen LogP contribution in [0.15, 0.2) is 54.6 Å². The third-order valence-electron chi connectivity index (χ3n) is 5.40. The number of ether oxygens (including phenoxy) is 1. The van der Waals surface area contributed by atoms with E-state index in [2.05, 4.69) is 73.4 Å². The number of para-hydroxylation sites is 1. The van der Waals surface area contributed by atoms with Gasteiger partial charge in [-0.05, 0) is 53.3 Å². The Balaban J connectivity index is 2.07. The van der Waals surface area contributed by atoms with Crippen LogP contribution in [-0.2, 0) is 12.8 Å². The second-order valence-corrected chi connectivity index (χ2v) is 7.21. The highest BCUT2D eigenvalue weighted by molar-refractivity contribution is 6.15. The minimum atomic E-state index is 0.894. The van der Waals surface area contributed by atoms with Gasteiger partial charge < -0.3 is 9.72 Å². The molecule has 0 spiro atoms. The Morgan fingerprint density at radius 1 is 0.889 bits per heavy atom. The van der Waals surface area contributed by atoms with E-state index >= 15 is 0 Å². The quantitative estimate of drug-likeness (QED) is 0.399. The second kappa shape index (κ2) is 7.48. The lowest BCUT2D eigenvalue weighted by molar-refractivity contribution is 0.415. The monoisotopic (exact) mass is 357 g/mol. The Morgan fingerprint density at radius 3 is 2.33 bits per heavy atom. The van der Waals surface area contributed by atoms with E-state index in [9.17, 15) is 0 Å². The van der Waals surface area contributed by atoms with Crippen LogP contribution in [0.3, 0.4) is 0 Å². The minimum Gasteiger partial charge on any atom is -0.497 e. The van der Waals surface area contributed by atoms with Crippen molar-refractivity contribution in [1.29, 1.82) is 0 Å². The van der Waals surface area contributed by atoms with E-state index in [-0.39, 0.29) is 0 Å². The molecule has 0 radical (unpaired) electrons. The number of methoxy groups -OCH3 is 1. The third-order valence-corrected chi connectivity index (χ3v) is 5.40. The van der Waals surface area contributed by atoms with Crippen molar-refractivity contribution in [3.63, 3.8) is 0 Å². The molecular weight excluding hydrogens is 330 g/mol. The highest BCUT2D eigenvalue weighted by atomic mass is 16.5. The smallest absolute Gasteiger partial charge is 0.118 e. The molecule has 0 saturated carbocycles. The first-order chi connectivity index (χ1) is 13.3. The summed E-state index contributed by atoms with van der Waals surface area (Å²) < 4.78 is 5.35. The maximum Gasteiger partial charge on any atom is 0.118 e. The van der Waals surface area contributed by atoms with Gasteiger partial charge in [-0.2, -0.15) is 0 Å². The number of aryl methyl sites for hydroxylation is 2. The van der Waals surface area contributed by atoms with Crippen molar-refractivity contribution < 1.29 is 4.74 Å². The van der Waals surface area contributed by atoms with Gasteiger partial charge in [0.25, 0.3) is 0 Å². The van der Waals surface area contributed by atoms with E-state index in [0.29, 0.717) is 0 Å². The van der Waals surface area contributed by atoms with Crippen LogP contribution < -0.4 is 4.74 Å². The zero-order chi connectivity index (χ0) is 18.8. The molecule has 1 aromatic heterocycles. The Labute approximate surface area is 161 Å². The van der Waals surface area contributed by atoms with Crippen molar-refractivity contribution in [3.8, 4) is 16.9 Å². The van der Waals surface area contributed by atoms with Gasteiger partial charge in [-0.25, -0.2) is 0 Å². The summed E-state index contributed by atoms with van der Waals surface area (Å²) in [7, 11) is 1.71. The molecule has 27 heavy (non-hydrogen) atoms. The fourth-order valence-corrected chi connectivity index (χ4v) is 4.17. The normalized spacial score (nSPS) is 11.4. The van der Waals surface area contributed by atoms with Gasteiger partial charge >= 0.3 is 0 Å². The third kappa shape index (κ3) is 3.10. The number of hydrogen-bond acceptors (Lipinski definition) is 1. The predicted octanol–water partition coefficient (Wildman–Crippen LogP) is 6.90. The van der Waals surface area contributed by atoms with Crippen LogP contribution in [0.1, 0.15) is 37.8 Å². The molecule has 1 heterocycles. The zero-order valence-corrected chi connectivity index (χ0v) is 16.4.